The first-order valence-corrected chi connectivity index (χ1v) is 12.1. The number of rotatable bonds is 10. The molecule has 3 rings (SSSR count). The van der Waals surface area contributed by atoms with Crippen molar-refractivity contribution < 1.29 is 9.59 Å². The molecule has 4 nitrogen and oxygen atoms in total. The van der Waals surface area contributed by atoms with Gasteiger partial charge in [-0.25, -0.2) is 0 Å². The number of hydrogen-bond acceptors (Lipinski definition) is 2. The van der Waals surface area contributed by atoms with E-state index in [-0.39, 0.29) is 18.2 Å². The van der Waals surface area contributed by atoms with Crippen molar-refractivity contribution in [1.82, 2.24) is 10.2 Å². The standard InChI is InChI=1S/C28H31BrN2O2/c1-21(2)19-30-28(33)26(17-22-9-5-3-6-10-22)31(20-24-13-15-25(29)16-14-24)27(32)18-23-11-7-4-8-12-23/h3-16,21,26H,17-20H2,1-2H3,(H,30,33)/t26-/m1/s1. The number of carbonyl (C=O) groups is 2. The smallest absolute Gasteiger partial charge is 0.243 e. The van der Waals surface area contributed by atoms with Gasteiger partial charge in [0.25, 0.3) is 0 Å². The fourth-order valence-corrected chi connectivity index (χ4v) is 3.90. The van der Waals surface area contributed by atoms with Crippen molar-refractivity contribution in [3.8, 4) is 0 Å². The molecule has 0 saturated heterocycles. The summed E-state index contributed by atoms with van der Waals surface area (Å²) < 4.78 is 0.976. The summed E-state index contributed by atoms with van der Waals surface area (Å²) in [5, 5.41) is 3.06. The van der Waals surface area contributed by atoms with E-state index in [1.807, 2.05) is 84.9 Å². The molecule has 0 unspecified atom stereocenters. The molecule has 3 aromatic carbocycles. The lowest BCUT2D eigenvalue weighted by Gasteiger charge is -2.32. The van der Waals surface area contributed by atoms with Crippen molar-refractivity contribution in [3.05, 3.63) is 106 Å². The molecule has 0 fully saturated rings. The number of amides is 2. The molecule has 0 heterocycles. The van der Waals surface area contributed by atoms with Gasteiger partial charge in [-0.1, -0.05) is 103 Å². The molecule has 0 spiro atoms. The van der Waals surface area contributed by atoms with Crippen LogP contribution in [0.25, 0.3) is 0 Å². The Morgan fingerprint density at radius 1 is 0.818 bits per heavy atom. The van der Waals surface area contributed by atoms with Crippen LogP contribution < -0.4 is 5.32 Å². The Labute approximate surface area is 205 Å². The summed E-state index contributed by atoms with van der Waals surface area (Å²) in [6, 6.07) is 26.8. The zero-order valence-corrected chi connectivity index (χ0v) is 20.8. The Morgan fingerprint density at radius 3 is 1.97 bits per heavy atom. The SMILES string of the molecule is CC(C)CNC(=O)[C@@H](Cc1ccccc1)N(Cc1ccc(Br)cc1)C(=O)Cc1ccccc1. The molecule has 0 aliphatic carbocycles. The van der Waals surface area contributed by atoms with Gasteiger partial charge in [0, 0.05) is 24.0 Å². The molecule has 0 saturated carbocycles. The van der Waals surface area contributed by atoms with E-state index in [2.05, 4.69) is 35.1 Å². The largest absolute Gasteiger partial charge is 0.354 e. The Balaban J connectivity index is 1.93. The van der Waals surface area contributed by atoms with Gasteiger partial charge in [-0.15, -0.1) is 0 Å². The topological polar surface area (TPSA) is 49.4 Å². The van der Waals surface area contributed by atoms with Crippen LogP contribution in [-0.4, -0.2) is 29.3 Å². The van der Waals surface area contributed by atoms with Crippen molar-refractivity contribution in [3.63, 3.8) is 0 Å². The number of nitrogens with zero attached hydrogens (tertiary/aromatic N) is 1. The summed E-state index contributed by atoms with van der Waals surface area (Å²) in [6.07, 6.45) is 0.710. The van der Waals surface area contributed by atoms with E-state index >= 15 is 0 Å². The van der Waals surface area contributed by atoms with E-state index in [1.54, 1.807) is 4.90 Å². The molecule has 172 valence electrons. The molecule has 3 aromatic rings. The van der Waals surface area contributed by atoms with Gasteiger partial charge in [0.2, 0.25) is 11.8 Å². The second kappa shape index (κ2) is 12.4. The van der Waals surface area contributed by atoms with E-state index in [0.717, 1.165) is 21.2 Å². The van der Waals surface area contributed by atoms with Crippen LogP contribution in [0.5, 0.6) is 0 Å². The van der Waals surface area contributed by atoms with Crippen LogP contribution in [0.1, 0.15) is 30.5 Å². The van der Waals surface area contributed by atoms with E-state index in [1.165, 1.54) is 0 Å². The van der Waals surface area contributed by atoms with E-state index < -0.39 is 6.04 Å². The van der Waals surface area contributed by atoms with E-state index in [0.29, 0.717) is 25.4 Å². The molecule has 0 aromatic heterocycles. The first-order chi connectivity index (χ1) is 15.9. The molecule has 0 bridgehead atoms. The van der Waals surface area contributed by atoms with Crippen LogP contribution in [0.15, 0.2) is 89.4 Å². The van der Waals surface area contributed by atoms with Crippen molar-refractivity contribution in [2.75, 3.05) is 6.54 Å². The molecule has 0 aliphatic heterocycles. The normalized spacial score (nSPS) is 11.8. The molecular formula is C28H31BrN2O2. The zero-order valence-electron chi connectivity index (χ0n) is 19.2. The Hall–Kier alpha value is -2.92. The summed E-state index contributed by atoms with van der Waals surface area (Å²) >= 11 is 3.47. The average molecular weight is 507 g/mol. The van der Waals surface area contributed by atoms with Crippen molar-refractivity contribution in [1.29, 1.82) is 0 Å². The Morgan fingerprint density at radius 2 is 1.39 bits per heavy atom. The van der Waals surface area contributed by atoms with Gasteiger partial charge in [-0.2, -0.15) is 0 Å². The molecule has 33 heavy (non-hydrogen) atoms. The average Bonchev–Trinajstić information content (AvgIpc) is 2.82. The molecular weight excluding hydrogens is 476 g/mol. The lowest BCUT2D eigenvalue weighted by molar-refractivity contribution is -0.140. The third-order valence-corrected chi connectivity index (χ3v) is 5.95. The molecule has 2 amide bonds. The van der Waals surface area contributed by atoms with Gasteiger partial charge < -0.3 is 10.2 Å². The molecule has 1 N–H and O–H groups in total. The lowest BCUT2D eigenvalue weighted by Crippen LogP contribution is -2.51. The highest BCUT2D eigenvalue weighted by molar-refractivity contribution is 9.10. The minimum atomic E-state index is -0.606. The summed E-state index contributed by atoms with van der Waals surface area (Å²) in [6.45, 7) is 5.06. The van der Waals surface area contributed by atoms with Gasteiger partial charge in [0.15, 0.2) is 0 Å². The van der Waals surface area contributed by atoms with Crippen molar-refractivity contribution in [2.24, 2.45) is 5.92 Å². The highest BCUT2D eigenvalue weighted by atomic mass is 79.9. The van der Waals surface area contributed by atoms with Gasteiger partial charge in [0.1, 0.15) is 6.04 Å². The number of hydrogen-bond donors (Lipinski definition) is 1. The first-order valence-electron chi connectivity index (χ1n) is 11.3. The molecule has 5 heteroatoms. The maximum absolute atomic E-state index is 13.6. The minimum Gasteiger partial charge on any atom is -0.354 e. The maximum atomic E-state index is 13.6. The van der Waals surface area contributed by atoms with Crippen LogP contribution in [-0.2, 0) is 29.0 Å². The highest BCUT2D eigenvalue weighted by Gasteiger charge is 2.30. The maximum Gasteiger partial charge on any atom is 0.243 e. The molecule has 0 aliphatic rings. The van der Waals surface area contributed by atoms with Crippen molar-refractivity contribution >= 4 is 27.7 Å². The summed E-state index contributed by atoms with van der Waals surface area (Å²) in [5.41, 5.74) is 2.94. The first kappa shape index (κ1) is 24.7. The van der Waals surface area contributed by atoms with E-state index in [4.69, 9.17) is 0 Å². The van der Waals surface area contributed by atoms with Crippen LogP contribution in [0.3, 0.4) is 0 Å². The van der Waals surface area contributed by atoms with Crippen LogP contribution >= 0.6 is 15.9 Å². The minimum absolute atomic E-state index is 0.0650. The number of halogens is 1. The quantitative estimate of drug-likeness (QED) is 0.399. The predicted octanol–water partition coefficient (Wildman–Crippen LogP) is 5.40. The molecule has 1 atom stereocenters. The number of nitrogens with one attached hydrogen (secondary N) is 1. The van der Waals surface area contributed by atoms with Crippen molar-refractivity contribution in [2.45, 2.75) is 39.3 Å². The monoisotopic (exact) mass is 506 g/mol. The van der Waals surface area contributed by atoms with Gasteiger partial charge in [-0.05, 0) is 34.7 Å². The third kappa shape index (κ3) is 7.86. The van der Waals surface area contributed by atoms with Crippen LogP contribution in [0.4, 0.5) is 0 Å². The van der Waals surface area contributed by atoms with Gasteiger partial charge >= 0.3 is 0 Å². The second-order valence-corrected chi connectivity index (χ2v) is 9.57. The third-order valence-electron chi connectivity index (χ3n) is 5.42. The Kier molecular flexibility index (Phi) is 9.25. The number of carbonyl (C=O) groups excluding carboxylic acids is 2. The van der Waals surface area contributed by atoms with Gasteiger partial charge in [0.05, 0.1) is 6.42 Å². The predicted molar refractivity (Wildman–Crippen MR) is 137 cm³/mol. The van der Waals surface area contributed by atoms with Gasteiger partial charge in [-0.3, -0.25) is 9.59 Å². The fourth-order valence-electron chi connectivity index (χ4n) is 3.64. The lowest BCUT2D eigenvalue weighted by atomic mass is 10.0. The Bertz CT molecular complexity index is 1020. The second-order valence-electron chi connectivity index (χ2n) is 8.66. The van der Waals surface area contributed by atoms with Crippen LogP contribution in [0.2, 0.25) is 0 Å². The summed E-state index contributed by atoms with van der Waals surface area (Å²) in [4.78, 5) is 28.7. The highest BCUT2D eigenvalue weighted by Crippen LogP contribution is 2.18. The van der Waals surface area contributed by atoms with E-state index in [9.17, 15) is 9.59 Å². The van der Waals surface area contributed by atoms with Crippen LogP contribution in [0, 0.1) is 5.92 Å². The summed E-state index contributed by atoms with van der Waals surface area (Å²) in [7, 11) is 0. The fraction of sp³-hybridized carbons (Fsp3) is 0.286. The molecule has 0 radical (unpaired) electrons. The number of benzene rings is 3. The summed E-state index contributed by atoms with van der Waals surface area (Å²) in [5.74, 6) is 0.141. The zero-order chi connectivity index (χ0) is 23.6.